The van der Waals surface area contributed by atoms with Crippen LogP contribution in [-0.2, 0) is 11.2 Å². The summed E-state index contributed by atoms with van der Waals surface area (Å²) in [5.41, 5.74) is 3.43. The number of hydrogen-bond donors (Lipinski definition) is 2. The number of fused-ring (bicyclic) bond motifs is 2. The number of anilines is 1. The number of nitrogens with one attached hydrogen (secondary N) is 2. The average molecular weight is 331 g/mol. The van der Waals surface area contributed by atoms with E-state index in [0.29, 0.717) is 0 Å². The summed E-state index contributed by atoms with van der Waals surface area (Å²) in [6.45, 7) is 0. The van der Waals surface area contributed by atoms with Gasteiger partial charge in [0.25, 0.3) is 0 Å². The summed E-state index contributed by atoms with van der Waals surface area (Å²) in [7, 11) is 1.63. The van der Waals surface area contributed by atoms with Crippen LogP contribution in [0.5, 0.6) is 5.75 Å². The summed E-state index contributed by atoms with van der Waals surface area (Å²) in [6, 6.07) is 15.4. The van der Waals surface area contributed by atoms with Gasteiger partial charge in [-0.1, -0.05) is 18.2 Å². The topological polar surface area (TPSA) is 67.0 Å². The molecule has 0 aliphatic rings. The highest BCUT2D eigenvalue weighted by Gasteiger charge is 2.11. The number of benzene rings is 2. The van der Waals surface area contributed by atoms with Crippen molar-refractivity contribution in [2.45, 2.75) is 6.42 Å². The Kier molecular flexibility index (Phi) is 3.82. The molecule has 2 N–H and O–H groups in total. The molecular weight excluding hydrogens is 314 g/mol. The molecule has 5 heteroatoms. The summed E-state index contributed by atoms with van der Waals surface area (Å²) in [6.07, 6.45) is 3.87. The summed E-state index contributed by atoms with van der Waals surface area (Å²) >= 11 is 0. The minimum absolute atomic E-state index is 0.0816. The van der Waals surface area contributed by atoms with Crippen molar-refractivity contribution in [3.05, 3.63) is 66.5 Å². The summed E-state index contributed by atoms with van der Waals surface area (Å²) in [5, 5.41) is 4.96. The number of hydrogen-bond acceptors (Lipinski definition) is 3. The van der Waals surface area contributed by atoms with E-state index in [1.54, 1.807) is 13.3 Å². The minimum atomic E-state index is -0.0816. The van der Waals surface area contributed by atoms with Gasteiger partial charge in [0, 0.05) is 28.7 Å². The van der Waals surface area contributed by atoms with Gasteiger partial charge in [0.1, 0.15) is 5.75 Å². The first-order valence-electron chi connectivity index (χ1n) is 8.02. The van der Waals surface area contributed by atoms with E-state index in [-0.39, 0.29) is 12.3 Å². The Morgan fingerprint density at radius 3 is 2.96 bits per heavy atom. The molecule has 0 saturated heterocycles. The van der Waals surface area contributed by atoms with Gasteiger partial charge in [0.05, 0.1) is 24.7 Å². The molecule has 2 aromatic heterocycles. The van der Waals surface area contributed by atoms with Crippen LogP contribution in [-0.4, -0.2) is 23.0 Å². The van der Waals surface area contributed by atoms with Crippen LogP contribution in [0.25, 0.3) is 21.8 Å². The van der Waals surface area contributed by atoms with E-state index in [2.05, 4.69) is 15.3 Å². The molecule has 0 spiro atoms. The summed E-state index contributed by atoms with van der Waals surface area (Å²) in [5.74, 6) is 0.689. The second-order valence-corrected chi connectivity index (χ2v) is 5.83. The Balaban J connectivity index is 1.60. The number of pyridine rings is 1. The van der Waals surface area contributed by atoms with E-state index in [1.807, 2.05) is 54.7 Å². The first-order valence-corrected chi connectivity index (χ1v) is 8.02. The van der Waals surface area contributed by atoms with Gasteiger partial charge in [-0.3, -0.25) is 9.78 Å². The number of nitrogens with zero attached hydrogens (tertiary/aromatic N) is 1. The van der Waals surface area contributed by atoms with Crippen LogP contribution in [0.3, 0.4) is 0 Å². The van der Waals surface area contributed by atoms with Crippen LogP contribution in [0.1, 0.15) is 5.56 Å². The smallest absolute Gasteiger partial charge is 0.228 e. The van der Waals surface area contributed by atoms with Gasteiger partial charge in [-0.05, 0) is 35.9 Å². The zero-order valence-corrected chi connectivity index (χ0v) is 13.7. The van der Waals surface area contributed by atoms with Gasteiger partial charge in [0.15, 0.2) is 0 Å². The van der Waals surface area contributed by atoms with Crippen molar-refractivity contribution in [1.29, 1.82) is 0 Å². The van der Waals surface area contributed by atoms with E-state index >= 15 is 0 Å². The lowest BCUT2D eigenvalue weighted by Gasteiger charge is -2.08. The molecule has 1 amide bonds. The number of ether oxygens (including phenoxy) is 1. The summed E-state index contributed by atoms with van der Waals surface area (Å²) in [4.78, 5) is 20.1. The highest BCUT2D eigenvalue weighted by atomic mass is 16.5. The zero-order chi connectivity index (χ0) is 17.2. The molecule has 0 aliphatic carbocycles. The molecule has 25 heavy (non-hydrogen) atoms. The number of aromatic amines is 1. The SMILES string of the molecule is COc1ccc2[nH]cc(CC(=O)Nc3cccc4cccnc34)c2c1. The van der Waals surface area contributed by atoms with Crippen LogP contribution in [0.15, 0.2) is 60.9 Å². The monoisotopic (exact) mass is 331 g/mol. The number of para-hydroxylation sites is 1. The van der Waals surface area contributed by atoms with Gasteiger partial charge in [0.2, 0.25) is 5.91 Å². The van der Waals surface area contributed by atoms with Crippen molar-refractivity contribution in [1.82, 2.24) is 9.97 Å². The fraction of sp³-hybridized carbons (Fsp3) is 0.100. The molecule has 0 radical (unpaired) electrons. The van der Waals surface area contributed by atoms with Gasteiger partial charge < -0.3 is 15.0 Å². The Morgan fingerprint density at radius 2 is 2.08 bits per heavy atom. The number of carbonyl (C=O) groups excluding carboxylic acids is 1. The van der Waals surface area contributed by atoms with E-state index < -0.39 is 0 Å². The van der Waals surface area contributed by atoms with Crippen molar-refractivity contribution < 1.29 is 9.53 Å². The lowest BCUT2D eigenvalue weighted by Crippen LogP contribution is -2.14. The minimum Gasteiger partial charge on any atom is -0.497 e. The largest absolute Gasteiger partial charge is 0.497 e. The van der Waals surface area contributed by atoms with Crippen LogP contribution >= 0.6 is 0 Å². The summed E-state index contributed by atoms with van der Waals surface area (Å²) < 4.78 is 5.27. The second-order valence-electron chi connectivity index (χ2n) is 5.83. The van der Waals surface area contributed by atoms with Gasteiger partial charge in [-0.25, -0.2) is 0 Å². The lowest BCUT2D eigenvalue weighted by molar-refractivity contribution is -0.115. The number of H-pyrrole nitrogens is 1. The molecule has 0 fully saturated rings. The Morgan fingerprint density at radius 1 is 1.20 bits per heavy atom. The van der Waals surface area contributed by atoms with Gasteiger partial charge >= 0.3 is 0 Å². The molecule has 0 aliphatic heterocycles. The maximum Gasteiger partial charge on any atom is 0.228 e. The van der Waals surface area contributed by atoms with Gasteiger partial charge in [-0.15, -0.1) is 0 Å². The van der Waals surface area contributed by atoms with Crippen LogP contribution in [0.2, 0.25) is 0 Å². The first kappa shape index (κ1) is 15.2. The average Bonchev–Trinajstić information content (AvgIpc) is 3.04. The second kappa shape index (κ2) is 6.28. The fourth-order valence-corrected chi connectivity index (χ4v) is 3.00. The van der Waals surface area contributed by atoms with Crippen molar-refractivity contribution in [3.8, 4) is 5.75 Å². The van der Waals surface area contributed by atoms with E-state index in [4.69, 9.17) is 4.74 Å². The van der Waals surface area contributed by atoms with Crippen molar-refractivity contribution in [3.63, 3.8) is 0 Å². The zero-order valence-electron chi connectivity index (χ0n) is 13.7. The standard InChI is InChI=1S/C20H17N3O2/c1-25-15-7-8-17-16(11-15)14(12-22-17)10-19(24)23-18-6-2-4-13-5-3-9-21-20(13)18/h2-9,11-12,22H,10H2,1H3,(H,23,24). The molecule has 0 unspecified atom stereocenters. The highest BCUT2D eigenvalue weighted by molar-refractivity contribution is 6.02. The van der Waals surface area contributed by atoms with E-state index in [9.17, 15) is 4.79 Å². The molecular formula is C20H17N3O2. The Hall–Kier alpha value is -3.34. The van der Waals surface area contributed by atoms with Crippen LogP contribution < -0.4 is 10.1 Å². The number of rotatable bonds is 4. The lowest BCUT2D eigenvalue weighted by atomic mass is 10.1. The molecule has 0 atom stereocenters. The first-order chi connectivity index (χ1) is 12.2. The maximum atomic E-state index is 12.5. The van der Waals surface area contributed by atoms with Crippen LogP contribution in [0.4, 0.5) is 5.69 Å². The normalized spacial score (nSPS) is 10.9. The van der Waals surface area contributed by atoms with Crippen LogP contribution in [0, 0.1) is 0 Å². The molecule has 0 bridgehead atoms. The van der Waals surface area contributed by atoms with Crippen molar-refractivity contribution >= 4 is 33.4 Å². The quantitative estimate of drug-likeness (QED) is 0.596. The number of methoxy groups -OCH3 is 1. The Labute approximate surface area is 144 Å². The molecule has 4 aromatic rings. The third kappa shape index (κ3) is 2.92. The van der Waals surface area contributed by atoms with Crippen molar-refractivity contribution in [2.75, 3.05) is 12.4 Å². The maximum absolute atomic E-state index is 12.5. The number of aromatic nitrogens is 2. The molecule has 4 rings (SSSR count). The predicted molar refractivity (Wildman–Crippen MR) is 98.9 cm³/mol. The molecule has 5 nitrogen and oxygen atoms in total. The molecule has 2 heterocycles. The predicted octanol–water partition coefficient (Wildman–Crippen LogP) is 3.91. The third-order valence-corrected chi connectivity index (χ3v) is 4.23. The third-order valence-electron chi connectivity index (χ3n) is 4.23. The highest BCUT2D eigenvalue weighted by Crippen LogP contribution is 2.25. The number of carbonyl (C=O) groups is 1. The van der Waals surface area contributed by atoms with Gasteiger partial charge in [-0.2, -0.15) is 0 Å². The van der Waals surface area contributed by atoms with Crippen molar-refractivity contribution in [2.24, 2.45) is 0 Å². The molecule has 2 aromatic carbocycles. The van der Waals surface area contributed by atoms with E-state index in [1.165, 1.54) is 0 Å². The Bertz CT molecular complexity index is 1060. The van der Waals surface area contributed by atoms with E-state index in [0.717, 1.165) is 38.8 Å². The number of amides is 1. The fourth-order valence-electron chi connectivity index (χ4n) is 3.00. The molecule has 124 valence electrons. The molecule has 0 saturated carbocycles.